The summed E-state index contributed by atoms with van der Waals surface area (Å²) in [6.45, 7) is 4.13. The summed E-state index contributed by atoms with van der Waals surface area (Å²) in [6.07, 6.45) is 4.02. The van der Waals surface area contributed by atoms with E-state index in [-0.39, 0.29) is 5.91 Å². The van der Waals surface area contributed by atoms with Crippen LogP contribution in [-0.2, 0) is 17.1 Å². The number of hydrogen-bond donors (Lipinski definition) is 0. The number of carbonyl (C=O) groups is 1. The van der Waals surface area contributed by atoms with Crippen LogP contribution in [0, 0.1) is 0 Å². The van der Waals surface area contributed by atoms with Gasteiger partial charge in [0.15, 0.2) is 0 Å². The summed E-state index contributed by atoms with van der Waals surface area (Å²) >= 11 is 7.29. The highest BCUT2D eigenvalue weighted by Crippen LogP contribution is 2.22. The molecule has 3 heterocycles. The Bertz CT molecular complexity index is 479. The Kier molecular flexibility index (Phi) is 4.58. The summed E-state index contributed by atoms with van der Waals surface area (Å²) in [4.78, 5) is 21.4. The van der Waals surface area contributed by atoms with Gasteiger partial charge in [0, 0.05) is 31.1 Å². The highest BCUT2D eigenvalue weighted by Gasteiger charge is 2.30. The lowest BCUT2D eigenvalue weighted by Gasteiger charge is -2.25. The van der Waals surface area contributed by atoms with Crippen LogP contribution in [0.4, 0.5) is 0 Å². The molecule has 0 spiro atoms. The van der Waals surface area contributed by atoms with Crippen molar-refractivity contribution in [3.8, 4) is 0 Å². The Morgan fingerprint density at radius 3 is 3.05 bits per heavy atom. The first kappa shape index (κ1) is 14.3. The first-order valence-corrected chi connectivity index (χ1v) is 8.69. The van der Waals surface area contributed by atoms with E-state index in [1.165, 1.54) is 30.7 Å². The number of thiazole rings is 1. The lowest BCUT2D eigenvalue weighted by molar-refractivity contribution is -0.130. The summed E-state index contributed by atoms with van der Waals surface area (Å²) in [5.41, 5.74) is 0.873. The topological polar surface area (TPSA) is 36.4 Å². The van der Waals surface area contributed by atoms with Crippen LogP contribution >= 0.6 is 22.9 Å². The fourth-order valence-corrected chi connectivity index (χ4v) is 4.18. The van der Waals surface area contributed by atoms with Crippen molar-refractivity contribution in [3.63, 3.8) is 0 Å². The van der Waals surface area contributed by atoms with E-state index in [0.717, 1.165) is 36.8 Å². The zero-order valence-corrected chi connectivity index (χ0v) is 13.1. The molecule has 0 saturated carbocycles. The monoisotopic (exact) mass is 313 g/mol. The number of aromatic nitrogens is 1. The molecule has 2 aliphatic heterocycles. The van der Waals surface area contributed by atoms with Crippen LogP contribution in [0.1, 0.15) is 30.0 Å². The van der Waals surface area contributed by atoms with Crippen LogP contribution in [0.25, 0.3) is 0 Å². The maximum Gasteiger partial charge on any atom is 0.229 e. The van der Waals surface area contributed by atoms with Crippen molar-refractivity contribution >= 4 is 28.8 Å². The number of amides is 1. The maximum absolute atomic E-state index is 12.4. The number of fused-ring (bicyclic) bond motifs is 1. The summed E-state index contributed by atoms with van der Waals surface area (Å²) in [5.74, 6) is 0.639. The number of hydrogen-bond acceptors (Lipinski definition) is 4. The van der Waals surface area contributed by atoms with Gasteiger partial charge in [-0.15, -0.1) is 22.9 Å². The van der Waals surface area contributed by atoms with Crippen LogP contribution in [0.5, 0.6) is 0 Å². The molecule has 2 fully saturated rings. The fraction of sp³-hybridized carbons (Fsp3) is 0.714. The van der Waals surface area contributed by atoms with E-state index in [9.17, 15) is 4.79 Å². The highest BCUT2D eigenvalue weighted by molar-refractivity contribution is 7.09. The number of nitrogens with zero attached hydrogens (tertiary/aromatic N) is 3. The van der Waals surface area contributed by atoms with Gasteiger partial charge >= 0.3 is 0 Å². The number of alkyl halides is 1. The van der Waals surface area contributed by atoms with Gasteiger partial charge in [-0.2, -0.15) is 0 Å². The molecule has 110 valence electrons. The minimum absolute atomic E-state index is 0.217. The Morgan fingerprint density at radius 2 is 2.25 bits per heavy atom. The second kappa shape index (κ2) is 6.41. The van der Waals surface area contributed by atoms with E-state index in [1.54, 1.807) is 0 Å². The minimum atomic E-state index is 0.217. The van der Waals surface area contributed by atoms with E-state index < -0.39 is 0 Å². The molecule has 0 aromatic carbocycles. The van der Waals surface area contributed by atoms with Gasteiger partial charge in [-0.3, -0.25) is 9.69 Å². The number of halogens is 1. The highest BCUT2D eigenvalue weighted by atomic mass is 35.5. The molecule has 0 bridgehead atoms. The second-order valence-electron chi connectivity index (χ2n) is 5.57. The van der Waals surface area contributed by atoms with Gasteiger partial charge in [0.25, 0.3) is 0 Å². The summed E-state index contributed by atoms with van der Waals surface area (Å²) < 4.78 is 0. The van der Waals surface area contributed by atoms with E-state index >= 15 is 0 Å². The molecular formula is C14H20ClN3OS. The second-order valence-corrected chi connectivity index (χ2v) is 6.78. The molecule has 4 nitrogen and oxygen atoms in total. The molecule has 1 aromatic rings. The largest absolute Gasteiger partial charge is 0.341 e. The molecule has 0 aliphatic carbocycles. The third kappa shape index (κ3) is 3.15. The molecule has 2 aliphatic rings. The molecule has 2 saturated heterocycles. The van der Waals surface area contributed by atoms with Gasteiger partial charge in [0.2, 0.25) is 5.91 Å². The van der Waals surface area contributed by atoms with Crippen molar-refractivity contribution in [2.45, 2.75) is 37.6 Å². The van der Waals surface area contributed by atoms with Crippen LogP contribution < -0.4 is 0 Å². The van der Waals surface area contributed by atoms with Crippen molar-refractivity contribution in [1.29, 1.82) is 0 Å². The molecule has 1 aromatic heterocycles. The van der Waals surface area contributed by atoms with Gasteiger partial charge < -0.3 is 4.90 Å². The zero-order valence-electron chi connectivity index (χ0n) is 11.6. The van der Waals surface area contributed by atoms with Crippen LogP contribution in [0.15, 0.2) is 5.38 Å². The third-order valence-electron chi connectivity index (χ3n) is 4.19. The SMILES string of the molecule is O=C(Cc1nc(CCl)cs1)N1CCCN2CCCC2C1. The molecule has 1 amide bonds. The minimum Gasteiger partial charge on any atom is -0.341 e. The number of carbonyl (C=O) groups excluding carboxylic acids is 1. The summed E-state index contributed by atoms with van der Waals surface area (Å²) in [7, 11) is 0. The molecule has 1 atom stereocenters. The quantitative estimate of drug-likeness (QED) is 0.802. The van der Waals surface area contributed by atoms with Gasteiger partial charge in [0.1, 0.15) is 5.01 Å². The van der Waals surface area contributed by atoms with Gasteiger partial charge in [-0.1, -0.05) is 0 Å². The third-order valence-corrected chi connectivity index (χ3v) is 5.37. The lowest BCUT2D eigenvalue weighted by Crippen LogP contribution is -2.40. The van der Waals surface area contributed by atoms with Crippen molar-refractivity contribution in [3.05, 3.63) is 16.1 Å². The molecule has 0 N–H and O–H groups in total. The normalized spacial score (nSPS) is 23.6. The first-order valence-electron chi connectivity index (χ1n) is 7.27. The Hall–Kier alpha value is -0.650. The van der Waals surface area contributed by atoms with Crippen molar-refractivity contribution in [2.24, 2.45) is 0 Å². The zero-order chi connectivity index (χ0) is 13.9. The average Bonchev–Trinajstić information content (AvgIpc) is 3.03. The Balaban J connectivity index is 1.61. The number of rotatable bonds is 3. The molecule has 6 heteroatoms. The molecule has 3 rings (SSSR count). The van der Waals surface area contributed by atoms with E-state index in [0.29, 0.717) is 18.3 Å². The van der Waals surface area contributed by atoms with Crippen molar-refractivity contribution in [1.82, 2.24) is 14.8 Å². The maximum atomic E-state index is 12.4. The smallest absolute Gasteiger partial charge is 0.229 e. The molecular weight excluding hydrogens is 294 g/mol. The average molecular weight is 314 g/mol. The van der Waals surface area contributed by atoms with Gasteiger partial charge in [-0.05, 0) is 25.8 Å². The lowest BCUT2D eigenvalue weighted by atomic mass is 10.2. The molecule has 1 unspecified atom stereocenters. The predicted molar refractivity (Wildman–Crippen MR) is 81.2 cm³/mol. The fourth-order valence-electron chi connectivity index (χ4n) is 3.17. The predicted octanol–water partition coefficient (Wildman–Crippen LogP) is 2.12. The van der Waals surface area contributed by atoms with E-state index in [2.05, 4.69) is 9.88 Å². The van der Waals surface area contributed by atoms with Gasteiger partial charge in [0.05, 0.1) is 18.0 Å². The van der Waals surface area contributed by atoms with Crippen LogP contribution in [0.3, 0.4) is 0 Å². The van der Waals surface area contributed by atoms with E-state index in [1.807, 2.05) is 10.3 Å². The molecule has 0 radical (unpaired) electrons. The van der Waals surface area contributed by atoms with Crippen LogP contribution in [0.2, 0.25) is 0 Å². The van der Waals surface area contributed by atoms with E-state index in [4.69, 9.17) is 11.6 Å². The standard InChI is InChI=1S/C14H20ClN3OS/c15-8-11-10-20-13(16-11)7-14(19)18-6-2-5-17-4-1-3-12(17)9-18/h10,12H,1-9H2. The van der Waals surface area contributed by atoms with Crippen LogP contribution in [-0.4, -0.2) is 52.9 Å². The Morgan fingerprint density at radius 1 is 1.40 bits per heavy atom. The summed E-state index contributed by atoms with van der Waals surface area (Å²) in [5, 5.41) is 2.83. The van der Waals surface area contributed by atoms with Gasteiger partial charge in [-0.25, -0.2) is 4.98 Å². The molecule has 20 heavy (non-hydrogen) atoms. The van der Waals surface area contributed by atoms with Crippen molar-refractivity contribution < 1.29 is 4.79 Å². The van der Waals surface area contributed by atoms with Crippen molar-refractivity contribution in [2.75, 3.05) is 26.2 Å². The first-order chi connectivity index (χ1) is 9.76. The summed E-state index contributed by atoms with van der Waals surface area (Å²) in [6, 6.07) is 0.580. The Labute approximate surface area is 128 Å².